The minimum absolute atomic E-state index is 0.124. The number of nitrogens with zero attached hydrogens (tertiary/aromatic N) is 1. The van der Waals surface area contributed by atoms with E-state index >= 15 is 0 Å². The number of hydrogen-bond acceptors (Lipinski definition) is 2. The highest BCUT2D eigenvalue weighted by Gasteiger charge is 2.23. The first-order valence-corrected chi connectivity index (χ1v) is 4.60. The fourth-order valence-corrected chi connectivity index (χ4v) is 0.629. The van der Waals surface area contributed by atoms with Crippen LogP contribution in [0.25, 0.3) is 0 Å². The van der Waals surface area contributed by atoms with Crippen molar-refractivity contribution in [1.29, 1.82) is 0 Å². The lowest BCUT2D eigenvalue weighted by Gasteiger charge is -2.24. The van der Waals surface area contributed by atoms with Crippen molar-refractivity contribution in [2.45, 2.75) is 20.8 Å². The fraction of sp³-hybridized carbons (Fsp3) is 0.900. The van der Waals surface area contributed by atoms with E-state index in [1.807, 2.05) is 20.8 Å². The molecule has 78 valence electrons. The summed E-state index contributed by atoms with van der Waals surface area (Å²) >= 11 is 0. The molecule has 0 saturated heterocycles. The third-order valence-corrected chi connectivity index (χ3v) is 1.61. The van der Waals surface area contributed by atoms with Gasteiger partial charge in [0.2, 0.25) is 0 Å². The number of carbonyl (C=O) groups excluding carboxylic acids is 1. The van der Waals surface area contributed by atoms with Crippen molar-refractivity contribution in [3.05, 3.63) is 0 Å². The molecular weight excluding hydrogens is 166 g/mol. The Labute approximate surface area is 81.3 Å². The van der Waals surface area contributed by atoms with Crippen LogP contribution in [0.5, 0.6) is 0 Å². The molecule has 13 heavy (non-hydrogen) atoms. The molecule has 0 aromatic carbocycles. The van der Waals surface area contributed by atoms with Crippen molar-refractivity contribution in [2.24, 2.45) is 5.41 Å². The van der Waals surface area contributed by atoms with E-state index < -0.39 is 0 Å². The maximum Gasteiger partial charge on any atom is 0.311 e. The molecule has 0 saturated carbocycles. The first-order valence-electron chi connectivity index (χ1n) is 4.60. The molecule has 0 spiro atoms. The van der Waals surface area contributed by atoms with Gasteiger partial charge in [0.1, 0.15) is 13.2 Å². The smallest absolute Gasteiger partial charge is 0.311 e. The molecule has 3 nitrogen and oxygen atoms in total. The molecule has 0 bridgehead atoms. The first kappa shape index (κ1) is 12.4. The first-order chi connectivity index (χ1) is 5.63. The molecule has 0 fully saturated rings. The maximum atomic E-state index is 11.3. The van der Waals surface area contributed by atoms with Crippen LogP contribution in [0.15, 0.2) is 0 Å². The zero-order valence-electron chi connectivity index (χ0n) is 9.68. The van der Waals surface area contributed by atoms with Gasteiger partial charge in [0.05, 0.1) is 26.6 Å². The minimum atomic E-state index is -0.384. The lowest BCUT2D eigenvalue weighted by Crippen LogP contribution is -2.38. The van der Waals surface area contributed by atoms with Crippen LogP contribution in [-0.2, 0) is 9.53 Å². The number of hydrogen-bond donors (Lipinski definition) is 0. The van der Waals surface area contributed by atoms with Gasteiger partial charge >= 0.3 is 5.97 Å². The highest BCUT2D eigenvalue weighted by Crippen LogP contribution is 2.14. The summed E-state index contributed by atoms with van der Waals surface area (Å²) in [6.07, 6.45) is 0. The molecule has 0 aliphatic rings. The van der Waals surface area contributed by atoms with Crippen molar-refractivity contribution >= 4 is 5.97 Å². The molecule has 3 heteroatoms. The highest BCUT2D eigenvalue weighted by molar-refractivity contribution is 5.75. The summed E-state index contributed by atoms with van der Waals surface area (Å²) < 4.78 is 5.94. The molecule has 0 N–H and O–H groups in total. The number of rotatable bonds is 3. The zero-order valence-corrected chi connectivity index (χ0v) is 9.68. The number of quaternary nitrogens is 1. The Morgan fingerprint density at radius 2 is 1.69 bits per heavy atom. The molecule has 0 aromatic heterocycles. The van der Waals surface area contributed by atoms with Gasteiger partial charge in [0.25, 0.3) is 0 Å². The summed E-state index contributed by atoms with van der Waals surface area (Å²) in [6.45, 7) is 6.94. The van der Waals surface area contributed by atoms with Crippen molar-refractivity contribution < 1.29 is 14.0 Å². The monoisotopic (exact) mass is 188 g/mol. The van der Waals surface area contributed by atoms with Crippen LogP contribution in [0.1, 0.15) is 20.8 Å². The summed E-state index contributed by atoms with van der Waals surface area (Å²) in [5.74, 6) is -0.124. The normalized spacial score (nSPS) is 12.8. The Balaban J connectivity index is 3.74. The zero-order chi connectivity index (χ0) is 10.7. The molecule has 0 atom stereocenters. The number of likely N-dealkylation sites (N-methyl/N-ethyl adjacent to an activating group) is 1. The van der Waals surface area contributed by atoms with Gasteiger partial charge in [0, 0.05) is 0 Å². The third kappa shape index (κ3) is 6.58. The van der Waals surface area contributed by atoms with Crippen LogP contribution in [0.2, 0.25) is 0 Å². The van der Waals surface area contributed by atoms with Gasteiger partial charge in [-0.1, -0.05) is 0 Å². The van der Waals surface area contributed by atoms with Crippen molar-refractivity contribution in [1.82, 2.24) is 0 Å². The van der Waals surface area contributed by atoms with Crippen LogP contribution in [0.4, 0.5) is 0 Å². The topological polar surface area (TPSA) is 26.3 Å². The Morgan fingerprint density at radius 1 is 1.23 bits per heavy atom. The standard InChI is InChI=1S/C10H22NO2/c1-10(2,3)9(12)13-8-7-11(4,5)6/h7-8H2,1-6H3/q+1. The lowest BCUT2D eigenvalue weighted by atomic mass is 9.97. The molecule has 0 aliphatic heterocycles. The Kier molecular flexibility index (Phi) is 3.91. The molecule has 0 amide bonds. The molecule has 0 aliphatic carbocycles. The number of esters is 1. The fourth-order valence-electron chi connectivity index (χ4n) is 0.629. The summed E-state index contributed by atoms with van der Waals surface area (Å²) in [4.78, 5) is 11.3. The van der Waals surface area contributed by atoms with E-state index in [0.717, 1.165) is 11.0 Å². The van der Waals surface area contributed by atoms with Crippen molar-refractivity contribution in [2.75, 3.05) is 34.3 Å². The molecule has 0 aromatic rings. The van der Waals surface area contributed by atoms with Crippen LogP contribution in [0, 0.1) is 5.41 Å². The van der Waals surface area contributed by atoms with Gasteiger partial charge < -0.3 is 9.22 Å². The second-order valence-electron chi connectivity index (χ2n) is 5.40. The van der Waals surface area contributed by atoms with Gasteiger partial charge in [-0.15, -0.1) is 0 Å². The van der Waals surface area contributed by atoms with E-state index in [9.17, 15) is 4.79 Å². The van der Waals surface area contributed by atoms with E-state index in [-0.39, 0.29) is 11.4 Å². The Morgan fingerprint density at radius 3 is 2.00 bits per heavy atom. The van der Waals surface area contributed by atoms with E-state index in [1.165, 1.54) is 0 Å². The maximum absolute atomic E-state index is 11.3. The summed E-state index contributed by atoms with van der Waals surface area (Å²) in [5.41, 5.74) is -0.384. The van der Waals surface area contributed by atoms with E-state index in [4.69, 9.17) is 4.74 Å². The molecule has 0 rings (SSSR count). The van der Waals surface area contributed by atoms with Gasteiger partial charge in [-0.3, -0.25) is 4.79 Å². The Hall–Kier alpha value is -0.570. The van der Waals surface area contributed by atoms with Gasteiger partial charge in [0.15, 0.2) is 0 Å². The molecular formula is C10H22NO2+. The largest absolute Gasteiger partial charge is 0.459 e. The van der Waals surface area contributed by atoms with Crippen LogP contribution >= 0.6 is 0 Å². The lowest BCUT2D eigenvalue weighted by molar-refractivity contribution is -0.870. The Bertz CT molecular complexity index is 174. The summed E-state index contributed by atoms with van der Waals surface area (Å²) in [5, 5.41) is 0. The van der Waals surface area contributed by atoms with Crippen LogP contribution < -0.4 is 0 Å². The second kappa shape index (κ2) is 4.09. The number of carbonyl (C=O) groups is 1. The average molecular weight is 188 g/mol. The quantitative estimate of drug-likeness (QED) is 0.492. The van der Waals surface area contributed by atoms with E-state index in [0.29, 0.717) is 6.61 Å². The second-order valence-corrected chi connectivity index (χ2v) is 5.40. The van der Waals surface area contributed by atoms with E-state index in [1.54, 1.807) is 0 Å². The van der Waals surface area contributed by atoms with Crippen LogP contribution in [0.3, 0.4) is 0 Å². The SMILES string of the molecule is CC(C)(C)C(=O)OCC[N+](C)(C)C. The van der Waals surface area contributed by atoms with Crippen molar-refractivity contribution in [3.8, 4) is 0 Å². The van der Waals surface area contributed by atoms with Crippen LogP contribution in [-0.4, -0.2) is 44.7 Å². The average Bonchev–Trinajstić information content (AvgIpc) is 1.82. The minimum Gasteiger partial charge on any atom is -0.459 e. The molecule has 0 unspecified atom stereocenters. The molecule has 0 radical (unpaired) electrons. The summed E-state index contributed by atoms with van der Waals surface area (Å²) in [7, 11) is 6.22. The van der Waals surface area contributed by atoms with Gasteiger partial charge in [-0.2, -0.15) is 0 Å². The van der Waals surface area contributed by atoms with Crippen molar-refractivity contribution in [3.63, 3.8) is 0 Å². The predicted molar refractivity (Wildman–Crippen MR) is 53.3 cm³/mol. The predicted octanol–water partition coefficient (Wildman–Crippen LogP) is 1.28. The molecule has 0 heterocycles. The van der Waals surface area contributed by atoms with E-state index in [2.05, 4.69) is 21.1 Å². The van der Waals surface area contributed by atoms with Gasteiger partial charge in [-0.05, 0) is 20.8 Å². The third-order valence-electron chi connectivity index (χ3n) is 1.61. The highest BCUT2D eigenvalue weighted by atomic mass is 16.5. The summed E-state index contributed by atoms with van der Waals surface area (Å²) in [6, 6.07) is 0. The van der Waals surface area contributed by atoms with Gasteiger partial charge in [-0.25, -0.2) is 0 Å². The number of ether oxygens (including phenoxy) is 1.